The van der Waals surface area contributed by atoms with E-state index in [-0.39, 0.29) is 12.5 Å². The molecule has 0 spiro atoms. The van der Waals surface area contributed by atoms with E-state index in [1.54, 1.807) is 12.3 Å². The van der Waals surface area contributed by atoms with Crippen molar-refractivity contribution < 1.29 is 19.1 Å². The van der Waals surface area contributed by atoms with Gasteiger partial charge in [0.05, 0.1) is 40.3 Å². The van der Waals surface area contributed by atoms with Crippen molar-refractivity contribution in [2.75, 3.05) is 39.6 Å². The van der Waals surface area contributed by atoms with Crippen LogP contribution in [0.15, 0.2) is 42.6 Å². The third-order valence-corrected chi connectivity index (χ3v) is 3.63. The molecule has 7 heteroatoms. The van der Waals surface area contributed by atoms with E-state index in [2.05, 4.69) is 15.3 Å². The lowest BCUT2D eigenvalue weighted by atomic mass is 10.2. The van der Waals surface area contributed by atoms with Crippen LogP contribution in [-0.2, 0) is 11.2 Å². The number of benzene rings is 1. The van der Waals surface area contributed by atoms with Gasteiger partial charge in [-0.05, 0) is 5.56 Å². The van der Waals surface area contributed by atoms with Crippen LogP contribution in [0.1, 0.15) is 12.0 Å². The number of carboxylic acids is 1. The molecule has 0 fully saturated rings. The lowest BCUT2D eigenvalue weighted by Gasteiger charge is -2.30. The molecule has 7 nitrogen and oxygen atoms in total. The second-order valence-electron chi connectivity index (χ2n) is 7.19. The van der Waals surface area contributed by atoms with Gasteiger partial charge in [-0.15, -0.1) is 0 Å². The average molecular weight is 358 g/mol. The summed E-state index contributed by atoms with van der Waals surface area (Å²) in [5, 5.41) is 14.1. The number of carbonyl (C=O) groups excluding carboxylic acids is 1. The van der Waals surface area contributed by atoms with Crippen molar-refractivity contribution in [1.29, 1.82) is 0 Å². The van der Waals surface area contributed by atoms with Crippen molar-refractivity contribution >= 4 is 11.9 Å². The fourth-order valence-electron chi connectivity index (χ4n) is 2.62. The number of aliphatic carboxylic acids is 1. The highest BCUT2D eigenvalue weighted by Gasteiger charge is 2.19. The summed E-state index contributed by atoms with van der Waals surface area (Å²) in [6, 6.07) is 11.4. The van der Waals surface area contributed by atoms with E-state index in [1.165, 1.54) is 5.56 Å². The molecular formula is C19H26N4O3. The van der Waals surface area contributed by atoms with Crippen molar-refractivity contribution in [2.24, 2.45) is 0 Å². The molecule has 26 heavy (non-hydrogen) atoms. The Balaban J connectivity index is 1.94. The molecule has 1 atom stereocenters. The van der Waals surface area contributed by atoms with Crippen LogP contribution < -0.4 is 15.2 Å². The number of hydrogen-bond acceptors (Lipinski definition) is 6. The lowest BCUT2D eigenvalue weighted by molar-refractivity contribution is -0.870. The first-order valence-electron chi connectivity index (χ1n) is 8.58. The van der Waals surface area contributed by atoms with Gasteiger partial charge in [0.25, 0.3) is 0 Å². The van der Waals surface area contributed by atoms with Gasteiger partial charge in [0.15, 0.2) is 0 Å². The fraction of sp³-hybridized carbons (Fsp3) is 0.421. The minimum absolute atomic E-state index is 0.113. The number of nitrogens with one attached hydrogen (secondary N) is 1. The minimum Gasteiger partial charge on any atom is -0.550 e. The summed E-state index contributed by atoms with van der Waals surface area (Å²) in [5.74, 6) is -0.302. The van der Waals surface area contributed by atoms with E-state index in [0.717, 1.165) is 6.42 Å². The van der Waals surface area contributed by atoms with Crippen LogP contribution in [0.5, 0.6) is 5.88 Å². The van der Waals surface area contributed by atoms with Crippen molar-refractivity contribution in [3.8, 4) is 5.88 Å². The van der Waals surface area contributed by atoms with Gasteiger partial charge in [0.1, 0.15) is 0 Å². The standard InChI is InChI=1S/C19H26N4O3/c1-23(2,3)14-16(13-18(24)25)21-19-20-11-9-17(22-19)26-12-10-15-7-5-4-6-8-15/h4-9,11,16H,10,12-14H2,1-3H3,(H-,20,21,22,24,25). The highest BCUT2D eigenvalue weighted by molar-refractivity contribution is 5.65. The summed E-state index contributed by atoms with van der Waals surface area (Å²) < 4.78 is 6.30. The summed E-state index contributed by atoms with van der Waals surface area (Å²) in [6.07, 6.45) is 2.26. The van der Waals surface area contributed by atoms with Crippen molar-refractivity contribution in [2.45, 2.75) is 18.9 Å². The van der Waals surface area contributed by atoms with Crippen LogP contribution in [0.25, 0.3) is 0 Å². The van der Waals surface area contributed by atoms with Gasteiger partial charge in [0.2, 0.25) is 11.8 Å². The Kier molecular flexibility index (Phi) is 6.91. The number of aromatic nitrogens is 2. The van der Waals surface area contributed by atoms with E-state index in [9.17, 15) is 9.90 Å². The molecule has 0 radical (unpaired) electrons. The zero-order valence-electron chi connectivity index (χ0n) is 15.5. The quantitative estimate of drug-likeness (QED) is 0.630. The van der Waals surface area contributed by atoms with Crippen LogP contribution >= 0.6 is 0 Å². The number of carboxylic acid groups (broad SMARTS) is 1. The number of nitrogens with zero attached hydrogens (tertiary/aromatic N) is 3. The monoisotopic (exact) mass is 358 g/mol. The molecule has 0 aliphatic rings. The number of hydrogen-bond donors (Lipinski definition) is 1. The molecule has 2 rings (SSSR count). The zero-order chi connectivity index (χ0) is 19.0. The molecule has 0 amide bonds. The van der Waals surface area contributed by atoms with E-state index >= 15 is 0 Å². The van der Waals surface area contributed by atoms with Crippen LogP contribution in [0.2, 0.25) is 0 Å². The Morgan fingerprint density at radius 2 is 1.96 bits per heavy atom. The first-order chi connectivity index (χ1) is 12.3. The highest BCUT2D eigenvalue weighted by atomic mass is 16.5. The number of carbonyl (C=O) groups is 1. The first-order valence-corrected chi connectivity index (χ1v) is 8.58. The number of ether oxygens (including phenoxy) is 1. The van der Waals surface area contributed by atoms with Crippen molar-refractivity contribution in [3.05, 3.63) is 48.2 Å². The molecule has 140 valence electrons. The Labute approximate surface area is 154 Å². The number of rotatable bonds is 10. The molecule has 1 N–H and O–H groups in total. The Bertz CT molecular complexity index is 701. The maximum Gasteiger partial charge on any atom is 0.226 e. The maximum atomic E-state index is 11.0. The number of quaternary nitrogens is 1. The zero-order valence-corrected chi connectivity index (χ0v) is 15.5. The molecule has 1 heterocycles. The largest absolute Gasteiger partial charge is 0.550 e. The normalized spacial score (nSPS) is 12.4. The predicted molar refractivity (Wildman–Crippen MR) is 97.6 cm³/mol. The van der Waals surface area contributed by atoms with Crippen LogP contribution in [0, 0.1) is 0 Å². The van der Waals surface area contributed by atoms with Gasteiger partial charge < -0.3 is 24.4 Å². The van der Waals surface area contributed by atoms with Gasteiger partial charge in [-0.3, -0.25) is 0 Å². The summed E-state index contributed by atoms with van der Waals surface area (Å²) in [6.45, 7) is 1.10. The summed E-state index contributed by atoms with van der Waals surface area (Å²) in [7, 11) is 5.98. The molecule has 1 unspecified atom stereocenters. The lowest BCUT2D eigenvalue weighted by Crippen LogP contribution is -2.46. The molecule has 1 aromatic heterocycles. The van der Waals surface area contributed by atoms with Gasteiger partial charge >= 0.3 is 0 Å². The summed E-state index contributed by atoms with van der Waals surface area (Å²) >= 11 is 0. The van der Waals surface area contributed by atoms with Crippen LogP contribution in [0.4, 0.5) is 5.95 Å². The molecular weight excluding hydrogens is 332 g/mol. The van der Waals surface area contributed by atoms with Gasteiger partial charge in [-0.2, -0.15) is 4.98 Å². The van der Waals surface area contributed by atoms with E-state index in [0.29, 0.717) is 29.5 Å². The van der Waals surface area contributed by atoms with Crippen LogP contribution in [-0.4, -0.2) is 60.8 Å². The van der Waals surface area contributed by atoms with Gasteiger partial charge in [0, 0.05) is 31.1 Å². The third-order valence-electron chi connectivity index (χ3n) is 3.63. The minimum atomic E-state index is -1.11. The average Bonchev–Trinajstić information content (AvgIpc) is 2.54. The molecule has 0 saturated carbocycles. The second kappa shape index (κ2) is 9.15. The molecule has 0 aliphatic heterocycles. The van der Waals surface area contributed by atoms with Gasteiger partial charge in [-0.25, -0.2) is 4.98 Å². The predicted octanol–water partition coefficient (Wildman–Crippen LogP) is 0.725. The third kappa shape index (κ3) is 7.48. The summed E-state index contributed by atoms with van der Waals surface area (Å²) in [4.78, 5) is 19.5. The SMILES string of the molecule is C[N+](C)(C)CC(CC(=O)[O-])Nc1nccc(OCCc2ccccc2)n1. The fourth-order valence-corrected chi connectivity index (χ4v) is 2.62. The number of likely N-dealkylation sites (N-methyl/N-ethyl adjacent to an activating group) is 1. The molecule has 2 aromatic rings. The smallest absolute Gasteiger partial charge is 0.226 e. The van der Waals surface area contributed by atoms with Gasteiger partial charge in [-0.1, -0.05) is 30.3 Å². The second-order valence-corrected chi connectivity index (χ2v) is 7.19. The van der Waals surface area contributed by atoms with Crippen molar-refractivity contribution in [1.82, 2.24) is 9.97 Å². The molecule has 0 aliphatic carbocycles. The maximum absolute atomic E-state index is 11.0. The van der Waals surface area contributed by atoms with E-state index in [1.807, 2.05) is 51.5 Å². The number of anilines is 1. The molecule has 0 bridgehead atoms. The Hall–Kier alpha value is -2.67. The van der Waals surface area contributed by atoms with Crippen molar-refractivity contribution in [3.63, 3.8) is 0 Å². The highest BCUT2D eigenvalue weighted by Crippen LogP contribution is 2.12. The topological polar surface area (TPSA) is 87.2 Å². The Morgan fingerprint density at radius 3 is 2.62 bits per heavy atom. The first kappa shape index (κ1) is 19.7. The summed E-state index contributed by atoms with van der Waals surface area (Å²) in [5.41, 5.74) is 1.19. The Morgan fingerprint density at radius 1 is 1.23 bits per heavy atom. The molecule has 0 saturated heterocycles. The van der Waals surface area contributed by atoms with E-state index in [4.69, 9.17) is 4.74 Å². The van der Waals surface area contributed by atoms with Crippen LogP contribution in [0.3, 0.4) is 0 Å². The van der Waals surface area contributed by atoms with E-state index < -0.39 is 5.97 Å². The molecule has 1 aromatic carbocycles.